The number of hydrogen-bond donors (Lipinski definition) is 1. The van der Waals surface area contributed by atoms with Crippen molar-refractivity contribution < 1.29 is 27.1 Å². The standard InChI is InChI=1S/C19H19FN2O5S/c20-15-6-8-16(9-7-15)21-28(25,26)17-5-3-4-14(12-17)19(24)27-13-18(23)22-10-1-2-11-22/h3-9,12,21H,1-2,10-11,13H2. The van der Waals surface area contributed by atoms with Crippen LogP contribution in [0.4, 0.5) is 10.1 Å². The van der Waals surface area contributed by atoms with Crippen LogP contribution in [0.1, 0.15) is 23.2 Å². The van der Waals surface area contributed by atoms with E-state index in [-0.39, 0.29) is 28.7 Å². The second kappa shape index (κ2) is 8.39. The molecule has 0 radical (unpaired) electrons. The minimum atomic E-state index is -3.98. The molecule has 0 aliphatic carbocycles. The van der Waals surface area contributed by atoms with Crippen molar-refractivity contribution in [3.63, 3.8) is 0 Å². The number of ether oxygens (including phenoxy) is 1. The van der Waals surface area contributed by atoms with Gasteiger partial charge in [0.05, 0.1) is 10.5 Å². The Morgan fingerprint density at radius 2 is 1.75 bits per heavy atom. The third kappa shape index (κ3) is 4.86. The van der Waals surface area contributed by atoms with Crippen LogP contribution in [-0.4, -0.2) is 44.9 Å². The lowest BCUT2D eigenvalue weighted by atomic mass is 10.2. The van der Waals surface area contributed by atoms with Crippen LogP contribution in [0.15, 0.2) is 53.4 Å². The number of nitrogens with one attached hydrogen (secondary N) is 1. The maximum atomic E-state index is 13.0. The van der Waals surface area contributed by atoms with Crippen LogP contribution in [0, 0.1) is 5.82 Å². The van der Waals surface area contributed by atoms with Gasteiger partial charge in [-0.2, -0.15) is 0 Å². The average Bonchev–Trinajstić information content (AvgIpc) is 3.22. The SMILES string of the molecule is O=C(OCC(=O)N1CCCC1)c1cccc(S(=O)(=O)Nc2ccc(F)cc2)c1. The molecule has 2 aromatic rings. The van der Waals surface area contributed by atoms with Crippen LogP contribution in [0.5, 0.6) is 0 Å². The number of halogens is 1. The Morgan fingerprint density at radius 1 is 1.07 bits per heavy atom. The lowest BCUT2D eigenvalue weighted by Crippen LogP contribution is -2.32. The number of rotatable bonds is 6. The van der Waals surface area contributed by atoms with E-state index in [0.717, 1.165) is 31.0 Å². The maximum Gasteiger partial charge on any atom is 0.338 e. The zero-order valence-electron chi connectivity index (χ0n) is 14.9. The molecule has 1 aliphatic rings. The average molecular weight is 406 g/mol. The van der Waals surface area contributed by atoms with Gasteiger partial charge in [-0.15, -0.1) is 0 Å². The monoisotopic (exact) mass is 406 g/mol. The lowest BCUT2D eigenvalue weighted by Gasteiger charge is -2.15. The summed E-state index contributed by atoms with van der Waals surface area (Å²) in [6, 6.07) is 10.1. The van der Waals surface area contributed by atoms with Crippen molar-refractivity contribution in [2.45, 2.75) is 17.7 Å². The van der Waals surface area contributed by atoms with Crippen LogP contribution in [-0.2, 0) is 19.6 Å². The topological polar surface area (TPSA) is 92.8 Å². The third-order valence-corrected chi connectivity index (χ3v) is 5.64. The maximum absolute atomic E-state index is 13.0. The van der Waals surface area contributed by atoms with Crippen molar-refractivity contribution in [1.29, 1.82) is 0 Å². The predicted octanol–water partition coefficient (Wildman–Crippen LogP) is 2.41. The molecule has 1 aliphatic heterocycles. The summed E-state index contributed by atoms with van der Waals surface area (Å²) in [4.78, 5) is 25.6. The minimum absolute atomic E-state index is 0.0104. The first-order valence-electron chi connectivity index (χ1n) is 8.68. The van der Waals surface area contributed by atoms with Gasteiger partial charge in [-0.25, -0.2) is 17.6 Å². The molecule has 0 aromatic heterocycles. The van der Waals surface area contributed by atoms with Gasteiger partial charge in [-0.05, 0) is 55.3 Å². The molecule has 9 heteroatoms. The summed E-state index contributed by atoms with van der Waals surface area (Å²) in [6.45, 7) is 0.919. The van der Waals surface area contributed by atoms with Gasteiger partial charge in [0, 0.05) is 18.8 Å². The lowest BCUT2D eigenvalue weighted by molar-refractivity contribution is -0.133. The molecule has 1 amide bonds. The molecule has 3 rings (SSSR count). The first kappa shape index (κ1) is 19.8. The van der Waals surface area contributed by atoms with Crippen molar-refractivity contribution in [2.24, 2.45) is 0 Å². The van der Waals surface area contributed by atoms with E-state index in [1.165, 1.54) is 30.3 Å². The van der Waals surface area contributed by atoms with E-state index >= 15 is 0 Å². The molecule has 0 saturated carbocycles. The number of amides is 1. The van der Waals surface area contributed by atoms with Crippen molar-refractivity contribution in [1.82, 2.24) is 4.90 Å². The number of hydrogen-bond acceptors (Lipinski definition) is 5. The molecule has 0 bridgehead atoms. The predicted molar refractivity (Wildman–Crippen MR) is 99.7 cm³/mol. The van der Waals surface area contributed by atoms with Crippen molar-refractivity contribution in [3.05, 3.63) is 59.9 Å². The van der Waals surface area contributed by atoms with Crippen molar-refractivity contribution in [2.75, 3.05) is 24.4 Å². The van der Waals surface area contributed by atoms with E-state index in [1.54, 1.807) is 4.90 Å². The number of sulfonamides is 1. The van der Waals surface area contributed by atoms with Crippen LogP contribution < -0.4 is 4.72 Å². The largest absolute Gasteiger partial charge is 0.452 e. The van der Waals surface area contributed by atoms with E-state index in [2.05, 4.69) is 4.72 Å². The molecular weight excluding hydrogens is 387 g/mol. The molecule has 28 heavy (non-hydrogen) atoms. The first-order valence-corrected chi connectivity index (χ1v) is 10.2. The van der Waals surface area contributed by atoms with Gasteiger partial charge in [-0.3, -0.25) is 9.52 Å². The molecule has 148 valence electrons. The molecule has 1 fully saturated rings. The van der Waals surface area contributed by atoms with E-state index in [4.69, 9.17) is 4.74 Å². The highest BCUT2D eigenvalue weighted by molar-refractivity contribution is 7.92. The molecule has 1 N–H and O–H groups in total. The highest BCUT2D eigenvalue weighted by atomic mass is 32.2. The molecule has 7 nitrogen and oxygen atoms in total. The summed E-state index contributed by atoms with van der Waals surface area (Å²) in [5, 5.41) is 0. The summed E-state index contributed by atoms with van der Waals surface area (Å²) < 4.78 is 45.2. The quantitative estimate of drug-likeness (QED) is 0.744. The molecule has 0 spiro atoms. The minimum Gasteiger partial charge on any atom is -0.452 e. The number of anilines is 1. The fourth-order valence-corrected chi connectivity index (χ4v) is 3.89. The van der Waals surface area contributed by atoms with Crippen LogP contribution in [0.2, 0.25) is 0 Å². The zero-order valence-corrected chi connectivity index (χ0v) is 15.7. The number of benzene rings is 2. The summed E-state index contributed by atoms with van der Waals surface area (Å²) >= 11 is 0. The van der Waals surface area contributed by atoms with Gasteiger partial charge < -0.3 is 9.64 Å². The van der Waals surface area contributed by atoms with Gasteiger partial charge in [-0.1, -0.05) is 6.07 Å². The molecular formula is C19H19FN2O5S. The Hall–Kier alpha value is -2.94. The number of likely N-dealkylation sites (tertiary alicyclic amines) is 1. The van der Waals surface area contributed by atoms with Gasteiger partial charge >= 0.3 is 5.97 Å². The summed E-state index contributed by atoms with van der Waals surface area (Å²) in [5.41, 5.74) is 0.196. The molecule has 1 saturated heterocycles. The fraction of sp³-hybridized carbons (Fsp3) is 0.263. The summed E-state index contributed by atoms with van der Waals surface area (Å²) in [7, 11) is -3.98. The number of carbonyl (C=O) groups excluding carboxylic acids is 2. The van der Waals surface area contributed by atoms with E-state index < -0.39 is 21.8 Å². The number of carbonyl (C=O) groups is 2. The van der Waals surface area contributed by atoms with Gasteiger partial charge in [0.1, 0.15) is 5.82 Å². The smallest absolute Gasteiger partial charge is 0.338 e. The highest BCUT2D eigenvalue weighted by Crippen LogP contribution is 2.18. The van der Waals surface area contributed by atoms with E-state index in [1.807, 2.05) is 0 Å². The zero-order chi connectivity index (χ0) is 20.1. The Bertz CT molecular complexity index is 970. The first-order chi connectivity index (χ1) is 13.3. The Labute approximate surface area is 162 Å². The second-order valence-corrected chi connectivity index (χ2v) is 7.99. The van der Waals surface area contributed by atoms with Gasteiger partial charge in [0.25, 0.3) is 15.9 Å². The molecule has 2 aromatic carbocycles. The van der Waals surface area contributed by atoms with Crippen LogP contribution in [0.3, 0.4) is 0 Å². The van der Waals surface area contributed by atoms with Crippen molar-refractivity contribution in [3.8, 4) is 0 Å². The number of nitrogens with zero attached hydrogens (tertiary/aromatic N) is 1. The third-order valence-electron chi connectivity index (χ3n) is 4.26. The Balaban J connectivity index is 1.67. The van der Waals surface area contributed by atoms with Crippen molar-refractivity contribution >= 4 is 27.6 Å². The fourth-order valence-electron chi connectivity index (χ4n) is 2.79. The van der Waals surface area contributed by atoms with E-state index in [9.17, 15) is 22.4 Å². The van der Waals surface area contributed by atoms with Gasteiger partial charge in [0.15, 0.2) is 6.61 Å². The summed E-state index contributed by atoms with van der Waals surface area (Å²) in [6.07, 6.45) is 1.86. The molecule has 0 atom stereocenters. The summed E-state index contributed by atoms with van der Waals surface area (Å²) in [5.74, 6) is -1.55. The Morgan fingerprint density at radius 3 is 2.43 bits per heavy atom. The molecule has 0 unspecified atom stereocenters. The highest BCUT2D eigenvalue weighted by Gasteiger charge is 2.21. The van der Waals surface area contributed by atoms with E-state index in [0.29, 0.717) is 13.1 Å². The molecule has 1 heterocycles. The van der Waals surface area contributed by atoms with Gasteiger partial charge in [0.2, 0.25) is 0 Å². The van der Waals surface area contributed by atoms with Crippen LogP contribution >= 0.6 is 0 Å². The Kier molecular flexibility index (Phi) is 5.93. The van der Waals surface area contributed by atoms with Crippen LogP contribution in [0.25, 0.3) is 0 Å². The number of esters is 1. The normalized spacial score (nSPS) is 14.0. The second-order valence-electron chi connectivity index (χ2n) is 6.30.